The van der Waals surface area contributed by atoms with E-state index in [0.717, 1.165) is 28.1 Å². The molecule has 1 aromatic carbocycles. The van der Waals surface area contributed by atoms with Gasteiger partial charge in [-0.15, -0.1) is 10.2 Å². The molecule has 0 bridgehead atoms. The zero-order chi connectivity index (χ0) is 14.6. The van der Waals surface area contributed by atoms with Crippen molar-refractivity contribution in [3.63, 3.8) is 0 Å². The van der Waals surface area contributed by atoms with Crippen LogP contribution in [0.5, 0.6) is 0 Å². The first kappa shape index (κ1) is 14.9. The van der Waals surface area contributed by atoms with Gasteiger partial charge in [-0.1, -0.05) is 28.1 Å². The Bertz CT molecular complexity index is 549. The molecule has 4 nitrogen and oxygen atoms in total. The summed E-state index contributed by atoms with van der Waals surface area (Å²) in [7, 11) is 1.95. The van der Waals surface area contributed by atoms with Crippen LogP contribution in [0.25, 0.3) is 11.3 Å². The first-order valence-corrected chi connectivity index (χ1v) is 7.32. The van der Waals surface area contributed by atoms with E-state index in [2.05, 4.69) is 50.6 Å². The van der Waals surface area contributed by atoms with Gasteiger partial charge < -0.3 is 10.6 Å². The highest BCUT2D eigenvalue weighted by Crippen LogP contribution is 2.20. The van der Waals surface area contributed by atoms with Gasteiger partial charge in [0.2, 0.25) is 0 Å². The van der Waals surface area contributed by atoms with Crippen molar-refractivity contribution in [1.82, 2.24) is 15.5 Å². The maximum Gasteiger partial charge on any atom is 0.148 e. The number of benzene rings is 1. The zero-order valence-electron chi connectivity index (χ0n) is 11.9. The van der Waals surface area contributed by atoms with E-state index < -0.39 is 0 Å². The van der Waals surface area contributed by atoms with Gasteiger partial charge >= 0.3 is 0 Å². The topological polar surface area (TPSA) is 49.8 Å². The molecule has 0 aliphatic carbocycles. The van der Waals surface area contributed by atoms with Crippen LogP contribution in [0.4, 0.5) is 5.82 Å². The highest BCUT2D eigenvalue weighted by molar-refractivity contribution is 9.10. The predicted octanol–water partition coefficient (Wildman–Crippen LogP) is 3.32. The van der Waals surface area contributed by atoms with Gasteiger partial charge in [0, 0.05) is 22.1 Å². The lowest BCUT2D eigenvalue weighted by atomic mass is 10.1. The van der Waals surface area contributed by atoms with Crippen LogP contribution in [0.2, 0.25) is 0 Å². The van der Waals surface area contributed by atoms with Crippen molar-refractivity contribution in [2.75, 3.05) is 18.9 Å². The van der Waals surface area contributed by atoms with Crippen LogP contribution >= 0.6 is 15.9 Å². The van der Waals surface area contributed by atoms with E-state index in [1.165, 1.54) is 0 Å². The van der Waals surface area contributed by atoms with Gasteiger partial charge in [0.05, 0.1) is 5.69 Å². The molecule has 0 radical (unpaired) electrons. The number of aromatic nitrogens is 2. The smallest absolute Gasteiger partial charge is 0.148 e. The van der Waals surface area contributed by atoms with Crippen LogP contribution in [-0.2, 0) is 0 Å². The fraction of sp³-hybridized carbons (Fsp3) is 0.333. The average Bonchev–Trinajstić information content (AvgIpc) is 2.47. The van der Waals surface area contributed by atoms with Crippen molar-refractivity contribution < 1.29 is 0 Å². The van der Waals surface area contributed by atoms with Crippen LogP contribution in [0.3, 0.4) is 0 Å². The van der Waals surface area contributed by atoms with Crippen LogP contribution in [0, 0.1) is 0 Å². The molecule has 0 saturated carbocycles. The Balaban J connectivity index is 2.05. The van der Waals surface area contributed by atoms with E-state index in [1.54, 1.807) is 0 Å². The molecule has 2 aromatic rings. The normalized spacial score (nSPS) is 11.4. The molecule has 0 saturated heterocycles. The maximum absolute atomic E-state index is 4.26. The summed E-state index contributed by atoms with van der Waals surface area (Å²) < 4.78 is 1.06. The quantitative estimate of drug-likeness (QED) is 0.880. The monoisotopic (exact) mass is 334 g/mol. The molecule has 0 atom stereocenters. The largest absolute Gasteiger partial charge is 0.367 e. The number of anilines is 1. The molecular formula is C15H19BrN4. The average molecular weight is 335 g/mol. The first-order valence-electron chi connectivity index (χ1n) is 6.53. The van der Waals surface area contributed by atoms with E-state index in [1.807, 2.05) is 43.4 Å². The van der Waals surface area contributed by atoms with Gasteiger partial charge in [0.15, 0.2) is 0 Å². The predicted molar refractivity (Wildman–Crippen MR) is 86.8 cm³/mol. The lowest BCUT2D eigenvalue weighted by Crippen LogP contribution is -2.42. The third kappa shape index (κ3) is 4.02. The fourth-order valence-corrected chi connectivity index (χ4v) is 1.87. The molecular weight excluding hydrogens is 316 g/mol. The number of nitrogens with one attached hydrogen (secondary N) is 2. The van der Waals surface area contributed by atoms with Crippen molar-refractivity contribution in [2.45, 2.75) is 19.4 Å². The molecule has 106 valence electrons. The summed E-state index contributed by atoms with van der Waals surface area (Å²) in [5.41, 5.74) is 1.95. The van der Waals surface area contributed by atoms with Crippen molar-refractivity contribution >= 4 is 21.7 Å². The molecule has 2 rings (SSSR count). The molecule has 0 amide bonds. The number of halogens is 1. The van der Waals surface area contributed by atoms with Crippen molar-refractivity contribution in [1.29, 1.82) is 0 Å². The van der Waals surface area contributed by atoms with Gasteiger partial charge in [-0.2, -0.15) is 0 Å². The second-order valence-electron chi connectivity index (χ2n) is 5.30. The molecule has 0 aliphatic heterocycles. The Morgan fingerprint density at radius 2 is 1.75 bits per heavy atom. The highest BCUT2D eigenvalue weighted by atomic mass is 79.9. The highest BCUT2D eigenvalue weighted by Gasteiger charge is 2.14. The summed E-state index contributed by atoms with van der Waals surface area (Å²) in [6.07, 6.45) is 0. The number of nitrogens with zero attached hydrogens (tertiary/aromatic N) is 2. The van der Waals surface area contributed by atoms with Crippen LogP contribution < -0.4 is 10.6 Å². The van der Waals surface area contributed by atoms with Crippen molar-refractivity contribution in [3.8, 4) is 11.3 Å². The van der Waals surface area contributed by atoms with E-state index in [-0.39, 0.29) is 5.54 Å². The van der Waals surface area contributed by atoms with E-state index in [0.29, 0.717) is 0 Å². The second-order valence-corrected chi connectivity index (χ2v) is 6.21. The summed E-state index contributed by atoms with van der Waals surface area (Å²) in [6, 6.07) is 12.0. The summed E-state index contributed by atoms with van der Waals surface area (Å²) in [5, 5.41) is 15.0. The Morgan fingerprint density at radius 3 is 2.30 bits per heavy atom. The maximum atomic E-state index is 4.26. The van der Waals surface area contributed by atoms with Gasteiger partial charge in [-0.05, 0) is 45.2 Å². The Morgan fingerprint density at radius 1 is 1.05 bits per heavy atom. The minimum absolute atomic E-state index is 0.0199. The van der Waals surface area contributed by atoms with Crippen molar-refractivity contribution in [3.05, 3.63) is 40.9 Å². The molecule has 1 heterocycles. The second kappa shape index (κ2) is 6.33. The van der Waals surface area contributed by atoms with Gasteiger partial charge in [0.25, 0.3) is 0 Å². The summed E-state index contributed by atoms with van der Waals surface area (Å²) in [6.45, 7) is 5.04. The lowest BCUT2D eigenvalue weighted by Gasteiger charge is -2.24. The Kier molecular flexibility index (Phi) is 4.73. The Labute approximate surface area is 128 Å². The third-order valence-corrected chi connectivity index (χ3v) is 3.72. The number of likely N-dealkylation sites (N-methyl/N-ethyl adjacent to an activating group) is 1. The molecule has 2 N–H and O–H groups in total. The fourth-order valence-electron chi connectivity index (χ4n) is 1.60. The van der Waals surface area contributed by atoms with Gasteiger partial charge in [-0.25, -0.2) is 0 Å². The summed E-state index contributed by atoms with van der Waals surface area (Å²) in [4.78, 5) is 0. The molecule has 5 heteroatoms. The number of hydrogen-bond donors (Lipinski definition) is 2. The molecule has 0 unspecified atom stereocenters. The minimum atomic E-state index is 0.0199. The Hall–Kier alpha value is -1.46. The molecule has 1 aromatic heterocycles. The van der Waals surface area contributed by atoms with Crippen LogP contribution in [0.1, 0.15) is 13.8 Å². The van der Waals surface area contributed by atoms with Crippen LogP contribution in [-0.4, -0.2) is 29.3 Å². The molecule has 0 fully saturated rings. The molecule has 20 heavy (non-hydrogen) atoms. The van der Waals surface area contributed by atoms with Gasteiger partial charge in [0.1, 0.15) is 5.82 Å². The zero-order valence-corrected chi connectivity index (χ0v) is 13.5. The van der Waals surface area contributed by atoms with E-state index >= 15 is 0 Å². The number of hydrogen-bond acceptors (Lipinski definition) is 4. The standard InChI is InChI=1S/C15H19BrN4/c1-15(2,17-3)10-18-14-9-8-13(19-20-14)11-4-6-12(16)7-5-11/h4-9,17H,10H2,1-3H3,(H,18,20). The van der Waals surface area contributed by atoms with Crippen molar-refractivity contribution in [2.24, 2.45) is 0 Å². The lowest BCUT2D eigenvalue weighted by molar-refractivity contribution is 0.447. The van der Waals surface area contributed by atoms with Gasteiger partial charge in [-0.3, -0.25) is 0 Å². The number of rotatable bonds is 5. The van der Waals surface area contributed by atoms with E-state index in [9.17, 15) is 0 Å². The molecule has 0 aliphatic rings. The summed E-state index contributed by atoms with van der Waals surface area (Å²) in [5.74, 6) is 0.786. The molecule has 0 spiro atoms. The van der Waals surface area contributed by atoms with E-state index in [4.69, 9.17) is 0 Å². The first-order chi connectivity index (χ1) is 9.50. The minimum Gasteiger partial charge on any atom is -0.367 e. The summed E-state index contributed by atoms with van der Waals surface area (Å²) >= 11 is 3.42. The van der Waals surface area contributed by atoms with Crippen LogP contribution in [0.15, 0.2) is 40.9 Å². The third-order valence-electron chi connectivity index (χ3n) is 3.19. The SMILES string of the molecule is CNC(C)(C)CNc1ccc(-c2ccc(Br)cc2)nn1.